The van der Waals surface area contributed by atoms with E-state index in [0.717, 1.165) is 0 Å². The summed E-state index contributed by atoms with van der Waals surface area (Å²) in [5.74, 6) is -0.722. The van der Waals surface area contributed by atoms with Crippen molar-refractivity contribution < 1.29 is 14.0 Å². The first-order valence-corrected chi connectivity index (χ1v) is 8.45. The number of anilines is 1. The Morgan fingerprint density at radius 2 is 1.69 bits per heavy atom. The van der Waals surface area contributed by atoms with E-state index in [1.807, 2.05) is 0 Å². The quantitative estimate of drug-likeness (QED) is 0.476. The van der Waals surface area contributed by atoms with Crippen LogP contribution in [0.1, 0.15) is 20.9 Å². The Morgan fingerprint density at radius 1 is 0.923 bits per heavy atom. The summed E-state index contributed by atoms with van der Waals surface area (Å²) in [6, 6.07) is 16.6. The lowest BCUT2D eigenvalue weighted by Gasteiger charge is -2.20. The molecule has 1 aromatic heterocycles. The number of carbonyl (C=O) groups excluding carboxylic acids is 2. The molecule has 0 aliphatic rings. The second kappa shape index (κ2) is 8.08. The Bertz CT molecular complexity index is 912. The Morgan fingerprint density at radius 3 is 2.35 bits per heavy atom. The molecule has 132 valence electrons. The predicted molar refractivity (Wildman–Crippen MR) is 101 cm³/mol. The van der Waals surface area contributed by atoms with Crippen molar-refractivity contribution in [3.8, 4) is 0 Å². The third-order valence-corrected chi connectivity index (χ3v) is 4.31. The van der Waals surface area contributed by atoms with E-state index in [4.69, 9.17) is 27.6 Å². The van der Waals surface area contributed by atoms with Gasteiger partial charge in [0.2, 0.25) is 5.78 Å². The maximum absolute atomic E-state index is 12.8. The summed E-state index contributed by atoms with van der Waals surface area (Å²) >= 11 is 11.9. The first-order chi connectivity index (χ1) is 12.5. The van der Waals surface area contributed by atoms with Gasteiger partial charge in [0.05, 0.1) is 16.3 Å². The van der Waals surface area contributed by atoms with Crippen molar-refractivity contribution in [2.75, 3.05) is 5.32 Å². The molecule has 1 amide bonds. The number of furan rings is 1. The maximum atomic E-state index is 12.8. The zero-order chi connectivity index (χ0) is 18.5. The third-order valence-electron chi connectivity index (χ3n) is 3.57. The molecule has 26 heavy (non-hydrogen) atoms. The number of benzene rings is 2. The number of hydrogen-bond donors (Lipinski definition) is 2. The number of hydrogen-bond acceptors (Lipinski definition) is 4. The average molecular weight is 389 g/mol. The first kappa shape index (κ1) is 18.0. The minimum Gasteiger partial charge on any atom is -0.459 e. The maximum Gasteiger partial charge on any atom is 0.288 e. The molecule has 0 aliphatic heterocycles. The number of amides is 1. The highest BCUT2D eigenvalue weighted by Gasteiger charge is 2.23. The molecule has 1 atom stereocenters. The van der Waals surface area contributed by atoms with Gasteiger partial charge < -0.3 is 15.1 Å². The molecule has 0 radical (unpaired) electrons. The van der Waals surface area contributed by atoms with E-state index < -0.39 is 12.1 Å². The van der Waals surface area contributed by atoms with Gasteiger partial charge in [0.15, 0.2) is 11.9 Å². The molecular weight excluding hydrogens is 375 g/mol. The summed E-state index contributed by atoms with van der Waals surface area (Å²) in [6.07, 6.45) is 0.363. The van der Waals surface area contributed by atoms with Crippen LogP contribution in [0.2, 0.25) is 10.0 Å². The highest BCUT2D eigenvalue weighted by molar-refractivity contribution is 6.42. The lowest BCUT2D eigenvalue weighted by atomic mass is 10.1. The number of ketones is 1. The lowest BCUT2D eigenvalue weighted by molar-refractivity contribution is 0.0853. The molecular formula is C19H14Cl2N2O3. The van der Waals surface area contributed by atoms with Crippen LogP contribution >= 0.6 is 23.2 Å². The molecule has 0 fully saturated rings. The molecule has 0 spiro atoms. The van der Waals surface area contributed by atoms with Crippen molar-refractivity contribution in [2.45, 2.75) is 6.17 Å². The van der Waals surface area contributed by atoms with Gasteiger partial charge in [-0.15, -0.1) is 0 Å². The van der Waals surface area contributed by atoms with Gasteiger partial charge >= 0.3 is 0 Å². The highest BCUT2D eigenvalue weighted by Crippen LogP contribution is 2.25. The molecule has 1 heterocycles. The summed E-state index contributed by atoms with van der Waals surface area (Å²) in [4.78, 5) is 25.2. The Hall–Kier alpha value is -2.76. The number of Topliss-reactive ketones (excluding diaryl/α,β-unsaturated/α-hetero) is 1. The molecule has 0 saturated heterocycles. The van der Waals surface area contributed by atoms with E-state index in [0.29, 0.717) is 21.3 Å². The van der Waals surface area contributed by atoms with Crippen LogP contribution in [-0.4, -0.2) is 17.9 Å². The second-order valence-electron chi connectivity index (χ2n) is 5.39. The Kier molecular flexibility index (Phi) is 5.61. The van der Waals surface area contributed by atoms with E-state index in [1.165, 1.54) is 12.3 Å². The average Bonchev–Trinajstić information content (AvgIpc) is 3.19. The van der Waals surface area contributed by atoms with E-state index in [2.05, 4.69) is 10.6 Å². The largest absolute Gasteiger partial charge is 0.459 e. The Balaban J connectivity index is 1.86. The van der Waals surface area contributed by atoms with Crippen LogP contribution in [0, 0.1) is 0 Å². The fourth-order valence-electron chi connectivity index (χ4n) is 2.30. The number of rotatable bonds is 6. The third kappa shape index (κ3) is 4.25. The fourth-order valence-corrected chi connectivity index (χ4v) is 2.60. The summed E-state index contributed by atoms with van der Waals surface area (Å²) in [5.41, 5.74) is 0.984. The summed E-state index contributed by atoms with van der Waals surface area (Å²) in [7, 11) is 0. The van der Waals surface area contributed by atoms with Crippen molar-refractivity contribution in [1.82, 2.24) is 5.32 Å². The lowest BCUT2D eigenvalue weighted by Crippen LogP contribution is -2.46. The smallest absolute Gasteiger partial charge is 0.288 e. The van der Waals surface area contributed by atoms with Crippen molar-refractivity contribution in [3.63, 3.8) is 0 Å². The summed E-state index contributed by atoms with van der Waals surface area (Å²) < 4.78 is 5.08. The normalized spacial score (nSPS) is 11.6. The van der Waals surface area contributed by atoms with Gasteiger partial charge in [0.25, 0.3) is 5.91 Å². The Labute approximate surface area is 159 Å². The van der Waals surface area contributed by atoms with Crippen LogP contribution < -0.4 is 10.6 Å². The molecule has 5 nitrogen and oxygen atoms in total. The minimum absolute atomic E-state index is 0.104. The topological polar surface area (TPSA) is 71.3 Å². The number of carbonyl (C=O) groups is 2. The van der Waals surface area contributed by atoms with E-state index in [9.17, 15) is 9.59 Å². The molecule has 0 aliphatic carbocycles. The van der Waals surface area contributed by atoms with Crippen LogP contribution in [0.4, 0.5) is 5.69 Å². The highest BCUT2D eigenvalue weighted by atomic mass is 35.5. The minimum atomic E-state index is -1.02. The van der Waals surface area contributed by atoms with E-state index in [1.54, 1.807) is 54.6 Å². The fraction of sp³-hybridized carbons (Fsp3) is 0.0526. The zero-order valence-corrected chi connectivity index (χ0v) is 14.9. The molecule has 3 aromatic rings. The van der Waals surface area contributed by atoms with Gasteiger partial charge in [0.1, 0.15) is 0 Å². The molecule has 2 aromatic carbocycles. The molecule has 0 bridgehead atoms. The van der Waals surface area contributed by atoms with Crippen LogP contribution in [-0.2, 0) is 0 Å². The van der Waals surface area contributed by atoms with Crippen molar-refractivity contribution in [1.29, 1.82) is 0 Å². The van der Waals surface area contributed by atoms with E-state index >= 15 is 0 Å². The van der Waals surface area contributed by atoms with Crippen molar-refractivity contribution >= 4 is 40.6 Å². The van der Waals surface area contributed by atoms with E-state index in [-0.39, 0.29) is 11.5 Å². The number of nitrogens with one attached hydrogen (secondary N) is 2. The van der Waals surface area contributed by atoms with Crippen molar-refractivity contribution in [2.24, 2.45) is 0 Å². The van der Waals surface area contributed by atoms with Gasteiger partial charge in [-0.3, -0.25) is 9.59 Å². The van der Waals surface area contributed by atoms with Crippen LogP contribution in [0.3, 0.4) is 0 Å². The van der Waals surface area contributed by atoms with Gasteiger partial charge in [-0.05, 0) is 30.3 Å². The zero-order valence-electron chi connectivity index (χ0n) is 13.4. The molecule has 0 saturated carbocycles. The molecule has 7 heteroatoms. The first-order valence-electron chi connectivity index (χ1n) is 7.70. The molecule has 2 N–H and O–H groups in total. The van der Waals surface area contributed by atoms with Crippen molar-refractivity contribution in [3.05, 3.63) is 88.3 Å². The van der Waals surface area contributed by atoms with Gasteiger partial charge in [0, 0.05) is 11.3 Å². The summed E-state index contributed by atoms with van der Waals surface area (Å²) in [6.45, 7) is 0. The molecule has 0 unspecified atom stereocenters. The van der Waals surface area contributed by atoms with Crippen LogP contribution in [0.5, 0.6) is 0 Å². The van der Waals surface area contributed by atoms with Gasteiger partial charge in [-0.25, -0.2) is 0 Å². The van der Waals surface area contributed by atoms with Gasteiger partial charge in [-0.2, -0.15) is 0 Å². The predicted octanol–water partition coefficient (Wildman–Crippen LogP) is 4.64. The monoisotopic (exact) mass is 388 g/mol. The summed E-state index contributed by atoms with van der Waals surface area (Å²) in [5, 5.41) is 6.33. The number of halogens is 2. The molecule has 3 rings (SSSR count). The van der Waals surface area contributed by atoms with Crippen LogP contribution in [0.15, 0.2) is 71.3 Å². The second-order valence-corrected chi connectivity index (χ2v) is 6.20. The standard InChI is InChI=1S/C19H14Cl2N2O3/c20-14-9-8-13(11-15(14)21)22-18(17(24)12-5-2-1-3-6-12)23-19(25)16-7-4-10-26-16/h1-11,18,22H,(H,23,25)/t18-/m0/s1. The van der Waals surface area contributed by atoms with Crippen LogP contribution in [0.25, 0.3) is 0 Å². The van der Waals surface area contributed by atoms with Gasteiger partial charge in [-0.1, -0.05) is 53.5 Å². The SMILES string of the molecule is O=C(N[C@H](Nc1ccc(Cl)c(Cl)c1)C(=O)c1ccccc1)c1ccco1.